The highest BCUT2D eigenvalue weighted by Crippen LogP contribution is 2.15. The molecule has 2 N–H and O–H groups in total. The number of hydrogen-bond acceptors (Lipinski definition) is 5. The second-order valence-corrected chi connectivity index (χ2v) is 5.70. The third-order valence-electron chi connectivity index (χ3n) is 3.95. The normalized spacial score (nSPS) is 15.2. The van der Waals surface area contributed by atoms with Crippen LogP contribution in [0.4, 0.5) is 0 Å². The fraction of sp³-hybridized carbons (Fsp3) is 0.353. The van der Waals surface area contributed by atoms with Crippen LogP contribution < -0.4 is 10.9 Å². The topological polar surface area (TPSA) is 83.6 Å². The number of morpholine rings is 1. The molecular weight excluding hydrogens is 308 g/mol. The summed E-state index contributed by atoms with van der Waals surface area (Å²) in [6, 6.07) is 9.37. The molecule has 1 fully saturated rings. The molecule has 2 aromatic rings. The van der Waals surface area contributed by atoms with E-state index >= 15 is 0 Å². The lowest BCUT2D eigenvalue weighted by atomic mass is 10.1. The van der Waals surface area contributed by atoms with Gasteiger partial charge in [-0.2, -0.15) is 0 Å². The molecule has 7 heteroatoms. The highest BCUT2D eigenvalue weighted by atomic mass is 16.5. The van der Waals surface area contributed by atoms with Gasteiger partial charge in [0.25, 0.3) is 11.8 Å². The SMILES string of the molecule is Cc1nc2ccccc2cc1C(=O)NNC(=O)CN1CCOCC1. The molecule has 1 aromatic heterocycles. The molecule has 126 valence electrons. The molecule has 0 atom stereocenters. The van der Waals surface area contributed by atoms with Crippen molar-refractivity contribution in [2.45, 2.75) is 6.92 Å². The monoisotopic (exact) mass is 328 g/mol. The first kappa shape index (κ1) is 16.4. The van der Waals surface area contributed by atoms with Crippen LogP contribution in [0.25, 0.3) is 10.9 Å². The van der Waals surface area contributed by atoms with Crippen molar-refractivity contribution in [2.75, 3.05) is 32.8 Å². The third kappa shape index (κ3) is 3.87. The Balaban J connectivity index is 1.60. The number of para-hydroxylation sites is 1. The number of pyridine rings is 1. The average molecular weight is 328 g/mol. The lowest BCUT2D eigenvalue weighted by molar-refractivity contribution is -0.124. The summed E-state index contributed by atoms with van der Waals surface area (Å²) < 4.78 is 5.24. The van der Waals surface area contributed by atoms with Gasteiger partial charge in [0.05, 0.1) is 36.5 Å². The zero-order valence-electron chi connectivity index (χ0n) is 13.5. The number of nitrogens with zero attached hydrogens (tertiary/aromatic N) is 2. The molecule has 7 nitrogen and oxygen atoms in total. The Kier molecular flexibility index (Phi) is 5.02. The van der Waals surface area contributed by atoms with E-state index in [9.17, 15) is 9.59 Å². The molecular formula is C17H20N4O3. The highest BCUT2D eigenvalue weighted by Gasteiger charge is 2.16. The van der Waals surface area contributed by atoms with E-state index in [1.165, 1.54) is 0 Å². The first-order chi connectivity index (χ1) is 11.6. The van der Waals surface area contributed by atoms with Crippen LogP contribution >= 0.6 is 0 Å². The third-order valence-corrected chi connectivity index (χ3v) is 3.95. The van der Waals surface area contributed by atoms with E-state index in [0.717, 1.165) is 24.0 Å². The van der Waals surface area contributed by atoms with Gasteiger partial charge in [0.2, 0.25) is 0 Å². The van der Waals surface area contributed by atoms with Crippen LogP contribution in [0.3, 0.4) is 0 Å². The number of ether oxygens (including phenoxy) is 1. The lowest BCUT2D eigenvalue weighted by Gasteiger charge is -2.25. The number of carbonyl (C=O) groups excluding carboxylic acids is 2. The standard InChI is InChI=1S/C17H20N4O3/c1-12-14(10-13-4-2-3-5-15(13)18-12)17(23)20-19-16(22)11-21-6-8-24-9-7-21/h2-5,10H,6-9,11H2,1H3,(H,19,22)(H,20,23). The zero-order chi connectivity index (χ0) is 16.9. The first-order valence-corrected chi connectivity index (χ1v) is 7.89. The van der Waals surface area contributed by atoms with Crippen LogP contribution in [0.2, 0.25) is 0 Å². The summed E-state index contributed by atoms with van der Waals surface area (Å²) in [5, 5.41) is 0.882. The number of hydrazine groups is 1. The second kappa shape index (κ2) is 7.37. The van der Waals surface area contributed by atoms with Gasteiger partial charge in [-0.25, -0.2) is 0 Å². The Morgan fingerprint density at radius 3 is 2.75 bits per heavy atom. The molecule has 0 spiro atoms. The van der Waals surface area contributed by atoms with Crippen molar-refractivity contribution < 1.29 is 14.3 Å². The van der Waals surface area contributed by atoms with E-state index < -0.39 is 0 Å². The largest absolute Gasteiger partial charge is 0.379 e. The van der Waals surface area contributed by atoms with Crippen LogP contribution in [0.15, 0.2) is 30.3 Å². The van der Waals surface area contributed by atoms with Crippen molar-refractivity contribution in [3.8, 4) is 0 Å². The number of hydrogen-bond donors (Lipinski definition) is 2. The smallest absolute Gasteiger partial charge is 0.271 e. The van der Waals surface area contributed by atoms with E-state index in [1.54, 1.807) is 13.0 Å². The number of fused-ring (bicyclic) bond motifs is 1. The minimum Gasteiger partial charge on any atom is -0.379 e. The van der Waals surface area contributed by atoms with Crippen LogP contribution in [0.5, 0.6) is 0 Å². The zero-order valence-corrected chi connectivity index (χ0v) is 13.5. The molecule has 0 radical (unpaired) electrons. The molecule has 0 saturated carbocycles. The van der Waals surface area contributed by atoms with Gasteiger partial charge in [-0.3, -0.25) is 30.3 Å². The highest BCUT2D eigenvalue weighted by molar-refractivity contribution is 5.99. The molecule has 1 aromatic carbocycles. The Morgan fingerprint density at radius 2 is 1.96 bits per heavy atom. The minimum absolute atomic E-state index is 0.235. The summed E-state index contributed by atoms with van der Waals surface area (Å²) in [4.78, 5) is 30.6. The maximum Gasteiger partial charge on any atom is 0.271 e. The molecule has 1 aliphatic rings. The fourth-order valence-electron chi connectivity index (χ4n) is 2.64. The quantitative estimate of drug-likeness (QED) is 0.808. The van der Waals surface area contributed by atoms with Crippen LogP contribution in [-0.4, -0.2) is 54.5 Å². The maximum atomic E-state index is 12.3. The Morgan fingerprint density at radius 1 is 1.21 bits per heavy atom. The summed E-state index contributed by atoms with van der Waals surface area (Å²) >= 11 is 0. The Bertz CT molecular complexity index is 757. The fourth-order valence-corrected chi connectivity index (χ4v) is 2.64. The van der Waals surface area contributed by atoms with Crippen LogP contribution in [-0.2, 0) is 9.53 Å². The maximum absolute atomic E-state index is 12.3. The second-order valence-electron chi connectivity index (χ2n) is 5.70. The van der Waals surface area contributed by atoms with E-state index in [2.05, 4.69) is 15.8 Å². The molecule has 0 unspecified atom stereocenters. The number of amides is 2. The van der Waals surface area contributed by atoms with Crippen LogP contribution in [0.1, 0.15) is 16.1 Å². The van der Waals surface area contributed by atoms with Crippen molar-refractivity contribution in [1.82, 2.24) is 20.7 Å². The Labute approximate surface area is 140 Å². The number of rotatable bonds is 3. The summed E-state index contributed by atoms with van der Waals surface area (Å²) in [7, 11) is 0. The first-order valence-electron chi connectivity index (χ1n) is 7.89. The van der Waals surface area contributed by atoms with E-state index in [4.69, 9.17) is 4.74 Å². The van der Waals surface area contributed by atoms with Crippen molar-refractivity contribution in [3.63, 3.8) is 0 Å². The van der Waals surface area contributed by atoms with Crippen molar-refractivity contribution >= 4 is 22.7 Å². The van der Waals surface area contributed by atoms with Crippen LogP contribution in [0, 0.1) is 6.92 Å². The van der Waals surface area contributed by atoms with Gasteiger partial charge in [-0.05, 0) is 19.1 Å². The number of aromatic nitrogens is 1. The van der Waals surface area contributed by atoms with Gasteiger partial charge in [0.15, 0.2) is 0 Å². The number of carbonyl (C=O) groups is 2. The molecule has 0 bridgehead atoms. The predicted molar refractivity (Wildman–Crippen MR) is 89.3 cm³/mol. The van der Waals surface area contributed by atoms with E-state index in [0.29, 0.717) is 24.5 Å². The van der Waals surface area contributed by atoms with Gasteiger partial charge in [0, 0.05) is 18.5 Å². The van der Waals surface area contributed by atoms with Crippen molar-refractivity contribution in [3.05, 3.63) is 41.6 Å². The molecule has 1 aliphatic heterocycles. The molecule has 24 heavy (non-hydrogen) atoms. The van der Waals surface area contributed by atoms with Gasteiger partial charge in [-0.1, -0.05) is 18.2 Å². The Hall–Kier alpha value is -2.51. The average Bonchev–Trinajstić information content (AvgIpc) is 2.60. The molecule has 1 saturated heterocycles. The van der Waals surface area contributed by atoms with Gasteiger partial charge >= 0.3 is 0 Å². The molecule has 2 heterocycles. The summed E-state index contributed by atoms with van der Waals surface area (Å²) in [5.41, 5.74) is 6.81. The van der Waals surface area contributed by atoms with Crippen molar-refractivity contribution in [1.29, 1.82) is 0 Å². The summed E-state index contributed by atoms with van der Waals surface area (Å²) in [6.07, 6.45) is 0. The lowest BCUT2D eigenvalue weighted by Crippen LogP contribution is -2.48. The number of aryl methyl sites for hydroxylation is 1. The summed E-state index contributed by atoms with van der Waals surface area (Å²) in [6.45, 7) is 4.70. The van der Waals surface area contributed by atoms with E-state index in [-0.39, 0.29) is 18.4 Å². The number of benzene rings is 1. The molecule has 2 amide bonds. The predicted octanol–water partition coefficient (Wildman–Crippen LogP) is 0.636. The number of nitrogens with one attached hydrogen (secondary N) is 2. The van der Waals surface area contributed by atoms with Gasteiger partial charge in [0.1, 0.15) is 0 Å². The van der Waals surface area contributed by atoms with Gasteiger partial charge in [-0.15, -0.1) is 0 Å². The van der Waals surface area contributed by atoms with Crippen molar-refractivity contribution in [2.24, 2.45) is 0 Å². The van der Waals surface area contributed by atoms with E-state index in [1.807, 2.05) is 29.2 Å². The molecule has 0 aliphatic carbocycles. The van der Waals surface area contributed by atoms with Gasteiger partial charge < -0.3 is 4.74 Å². The minimum atomic E-state index is -0.374. The molecule has 3 rings (SSSR count). The summed E-state index contributed by atoms with van der Waals surface area (Å²) in [5.74, 6) is -0.627.